The summed E-state index contributed by atoms with van der Waals surface area (Å²) >= 11 is 0. The van der Waals surface area contributed by atoms with Crippen LogP contribution in [0, 0.1) is 6.92 Å². The molecule has 7 nitrogen and oxygen atoms in total. The molecule has 2 heterocycles. The Balaban J connectivity index is 1.90. The SMILES string of the molecule is Cc1nn(C)c(N2CCOCC2C(=O)NC2CC2)c1C=O. The molecule has 0 spiro atoms. The van der Waals surface area contributed by atoms with E-state index in [-0.39, 0.29) is 5.91 Å². The standard InChI is InChI=1S/C14H20N4O3/c1-9-11(7-19)14(17(2)16-9)18-5-6-21-8-12(18)13(20)15-10-3-4-10/h7,10,12H,3-6,8H2,1-2H3,(H,15,20). The molecule has 1 saturated heterocycles. The summed E-state index contributed by atoms with van der Waals surface area (Å²) in [5, 5.41) is 7.30. The molecule has 1 aromatic rings. The monoisotopic (exact) mass is 292 g/mol. The third-order valence-electron chi connectivity index (χ3n) is 3.98. The minimum Gasteiger partial charge on any atom is -0.377 e. The van der Waals surface area contributed by atoms with Gasteiger partial charge >= 0.3 is 0 Å². The number of aldehydes is 1. The Bertz CT molecular complexity index is 565. The molecule has 1 N–H and O–H groups in total. The highest BCUT2D eigenvalue weighted by Crippen LogP contribution is 2.26. The Morgan fingerprint density at radius 1 is 1.48 bits per heavy atom. The molecule has 0 bridgehead atoms. The van der Waals surface area contributed by atoms with E-state index in [0.717, 1.165) is 19.1 Å². The van der Waals surface area contributed by atoms with Gasteiger partial charge in [-0.2, -0.15) is 5.10 Å². The summed E-state index contributed by atoms with van der Waals surface area (Å²) in [6.07, 6.45) is 2.90. The van der Waals surface area contributed by atoms with Crippen LogP contribution in [0.4, 0.5) is 5.82 Å². The van der Waals surface area contributed by atoms with Gasteiger partial charge in [0.1, 0.15) is 11.9 Å². The molecule has 7 heteroatoms. The lowest BCUT2D eigenvalue weighted by Crippen LogP contribution is -2.55. The number of morpholine rings is 1. The number of rotatable bonds is 4. The van der Waals surface area contributed by atoms with Crippen molar-refractivity contribution in [2.45, 2.75) is 31.8 Å². The van der Waals surface area contributed by atoms with Crippen molar-refractivity contribution in [1.82, 2.24) is 15.1 Å². The summed E-state index contributed by atoms with van der Waals surface area (Å²) < 4.78 is 7.13. The van der Waals surface area contributed by atoms with E-state index in [1.165, 1.54) is 0 Å². The number of carbonyl (C=O) groups is 2. The first-order chi connectivity index (χ1) is 10.1. The number of anilines is 1. The fraction of sp³-hybridized carbons (Fsp3) is 0.643. The van der Waals surface area contributed by atoms with Gasteiger partial charge in [-0.1, -0.05) is 0 Å². The second-order valence-corrected chi connectivity index (χ2v) is 5.63. The van der Waals surface area contributed by atoms with E-state index in [2.05, 4.69) is 10.4 Å². The van der Waals surface area contributed by atoms with Gasteiger partial charge in [0.25, 0.3) is 0 Å². The molecule has 0 radical (unpaired) electrons. The lowest BCUT2D eigenvalue weighted by atomic mass is 10.1. The third kappa shape index (κ3) is 2.65. The van der Waals surface area contributed by atoms with E-state index >= 15 is 0 Å². The average molecular weight is 292 g/mol. The van der Waals surface area contributed by atoms with Gasteiger partial charge < -0.3 is 15.0 Å². The molecule has 1 aliphatic carbocycles. The third-order valence-corrected chi connectivity index (χ3v) is 3.98. The fourth-order valence-corrected chi connectivity index (χ4v) is 2.74. The lowest BCUT2D eigenvalue weighted by molar-refractivity contribution is -0.124. The minimum atomic E-state index is -0.409. The molecule has 1 unspecified atom stereocenters. The van der Waals surface area contributed by atoms with Crippen LogP contribution in [-0.2, 0) is 16.6 Å². The van der Waals surface area contributed by atoms with Crippen LogP contribution in [0.25, 0.3) is 0 Å². The van der Waals surface area contributed by atoms with Crippen molar-refractivity contribution >= 4 is 18.0 Å². The molecule has 1 aromatic heterocycles. The Kier molecular flexibility index (Phi) is 3.67. The van der Waals surface area contributed by atoms with Crippen LogP contribution in [0.5, 0.6) is 0 Å². The van der Waals surface area contributed by atoms with E-state index in [9.17, 15) is 9.59 Å². The molecule has 114 valence electrons. The molecular formula is C14H20N4O3. The Morgan fingerprint density at radius 3 is 2.90 bits per heavy atom. The summed E-state index contributed by atoms with van der Waals surface area (Å²) in [7, 11) is 1.79. The van der Waals surface area contributed by atoms with Crippen LogP contribution >= 0.6 is 0 Å². The van der Waals surface area contributed by atoms with Crippen molar-refractivity contribution in [1.29, 1.82) is 0 Å². The van der Waals surface area contributed by atoms with Crippen LogP contribution in [-0.4, -0.2) is 53.8 Å². The van der Waals surface area contributed by atoms with Gasteiger partial charge in [-0.15, -0.1) is 0 Å². The van der Waals surface area contributed by atoms with Crippen molar-refractivity contribution in [2.75, 3.05) is 24.7 Å². The highest BCUT2D eigenvalue weighted by atomic mass is 16.5. The smallest absolute Gasteiger partial charge is 0.245 e. The van der Waals surface area contributed by atoms with E-state index < -0.39 is 6.04 Å². The first-order valence-corrected chi connectivity index (χ1v) is 7.25. The number of hydrogen-bond acceptors (Lipinski definition) is 5. The number of carbonyl (C=O) groups excluding carboxylic acids is 2. The molecule has 3 rings (SSSR count). The number of aryl methyl sites for hydroxylation is 2. The van der Waals surface area contributed by atoms with Gasteiger partial charge in [0, 0.05) is 19.6 Å². The van der Waals surface area contributed by atoms with Gasteiger partial charge in [0.15, 0.2) is 6.29 Å². The quantitative estimate of drug-likeness (QED) is 0.792. The Hall–Kier alpha value is -1.89. The number of nitrogens with zero attached hydrogens (tertiary/aromatic N) is 3. The summed E-state index contributed by atoms with van der Waals surface area (Å²) in [6.45, 7) is 3.24. The van der Waals surface area contributed by atoms with Gasteiger partial charge in [0.05, 0.1) is 24.5 Å². The highest BCUT2D eigenvalue weighted by Gasteiger charge is 2.35. The maximum atomic E-state index is 12.4. The Labute approximate surface area is 123 Å². The van der Waals surface area contributed by atoms with E-state index in [4.69, 9.17) is 4.74 Å². The van der Waals surface area contributed by atoms with Gasteiger partial charge in [-0.3, -0.25) is 14.3 Å². The molecule has 0 aromatic carbocycles. The van der Waals surface area contributed by atoms with E-state index in [0.29, 0.717) is 42.9 Å². The second-order valence-electron chi connectivity index (χ2n) is 5.63. The molecule has 1 aliphatic heterocycles. The van der Waals surface area contributed by atoms with E-state index in [1.807, 2.05) is 4.90 Å². The van der Waals surface area contributed by atoms with Crippen LogP contribution < -0.4 is 10.2 Å². The molecule has 2 fully saturated rings. The normalized spacial score (nSPS) is 22.2. The largest absolute Gasteiger partial charge is 0.377 e. The molecule has 1 amide bonds. The van der Waals surface area contributed by atoms with E-state index in [1.54, 1.807) is 18.7 Å². The molecule has 1 atom stereocenters. The van der Waals surface area contributed by atoms with Crippen LogP contribution in [0.1, 0.15) is 28.9 Å². The fourth-order valence-electron chi connectivity index (χ4n) is 2.74. The van der Waals surface area contributed by atoms with Crippen LogP contribution in [0.2, 0.25) is 0 Å². The lowest BCUT2D eigenvalue weighted by Gasteiger charge is -2.36. The molecule has 1 saturated carbocycles. The van der Waals surface area contributed by atoms with Crippen molar-refractivity contribution in [3.05, 3.63) is 11.3 Å². The van der Waals surface area contributed by atoms with Gasteiger partial charge in [0.2, 0.25) is 5.91 Å². The van der Waals surface area contributed by atoms with Gasteiger partial charge in [-0.05, 0) is 19.8 Å². The number of hydrogen-bond donors (Lipinski definition) is 1. The first-order valence-electron chi connectivity index (χ1n) is 7.25. The van der Waals surface area contributed by atoms with Crippen LogP contribution in [0.15, 0.2) is 0 Å². The number of amides is 1. The number of nitrogens with one attached hydrogen (secondary N) is 1. The highest BCUT2D eigenvalue weighted by molar-refractivity contribution is 5.90. The van der Waals surface area contributed by atoms with Crippen molar-refractivity contribution in [3.8, 4) is 0 Å². The van der Waals surface area contributed by atoms with Crippen LogP contribution in [0.3, 0.4) is 0 Å². The zero-order valence-corrected chi connectivity index (χ0v) is 12.3. The maximum absolute atomic E-state index is 12.4. The summed E-state index contributed by atoms with van der Waals surface area (Å²) in [4.78, 5) is 25.7. The summed E-state index contributed by atoms with van der Waals surface area (Å²) in [5.74, 6) is 0.662. The molecule has 21 heavy (non-hydrogen) atoms. The van der Waals surface area contributed by atoms with Gasteiger partial charge in [-0.25, -0.2) is 0 Å². The second kappa shape index (κ2) is 5.48. The Morgan fingerprint density at radius 2 is 2.24 bits per heavy atom. The zero-order chi connectivity index (χ0) is 15.0. The average Bonchev–Trinajstić information content (AvgIpc) is 3.22. The first kappa shape index (κ1) is 14.1. The summed E-state index contributed by atoms with van der Waals surface area (Å²) in [6, 6.07) is -0.104. The zero-order valence-electron chi connectivity index (χ0n) is 12.3. The van der Waals surface area contributed by atoms with Crippen molar-refractivity contribution in [3.63, 3.8) is 0 Å². The van der Waals surface area contributed by atoms with Crippen molar-refractivity contribution < 1.29 is 14.3 Å². The van der Waals surface area contributed by atoms with Crippen molar-refractivity contribution in [2.24, 2.45) is 7.05 Å². The predicted octanol–water partition coefficient (Wildman–Crippen LogP) is 0.0248. The molecular weight excluding hydrogens is 272 g/mol. The number of ether oxygens (including phenoxy) is 1. The molecule has 2 aliphatic rings. The minimum absolute atomic E-state index is 0.0343. The predicted molar refractivity (Wildman–Crippen MR) is 76.5 cm³/mol. The summed E-state index contributed by atoms with van der Waals surface area (Å²) in [5.41, 5.74) is 1.22. The maximum Gasteiger partial charge on any atom is 0.245 e. The topological polar surface area (TPSA) is 76.5 Å². The number of aromatic nitrogens is 2.